The summed E-state index contributed by atoms with van der Waals surface area (Å²) in [5.41, 5.74) is 5.73. The molecule has 0 bridgehead atoms. The number of amides is 2. The Balaban J connectivity index is 1.86. The van der Waals surface area contributed by atoms with Crippen LogP contribution in [0.2, 0.25) is 0 Å². The molecule has 2 aliphatic rings. The van der Waals surface area contributed by atoms with E-state index in [1.54, 1.807) is 0 Å². The van der Waals surface area contributed by atoms with Crippen LogP contribution < -0.4 is 5.73 Å². The molecule has 21 heavy (non-hydrogen) atoms. The lowest BCUT2D eigenvalue weighted by Gasteiger charge is -2.40. The average molecular weight is 299 g/mol. The summed E-state index contributed by atoms with van der Waals surface area (Å²) < 4.78 is 5.27. The third-order valence-corrected chi connectivity index (χ3v) is 4.15. The fourth-order valence-corrected chi connectivity index (χ4v) is 2.90. The van der Waals surface area contributed by atoms with Crippen molar-refractivity contribution in [1.29, 1.82) is 0 Å². The van der Waals surface area contributed by atoms with Gasteiger partial charge in [-0.05, 0) is 6.42 Å². The van der Waals surface area contributed by atoms with E-state index in [0.29, 0.717) is 39.4 Å². The number of rotatable bonds is 3. The number of hydrogen-bond donors (Lipinski definition) is 2. The molecule has 0 aromatic carbocycles. The van der Waals surface area contributed by atoms with E-state index in [2.05, 4.69) is 10.1 Å². The molecule has 0 spiro atoms. The zero-order valence-electron chi connectivity index (χ0n) is 12.6. The lowest BCUT2D eigenvalue weighted by atomic mass is 10.1. The van der Waals surface area contributed by atoms with Gasteiger partial charge in [-0.15, -0.1) is 0 Å². The molecule has 2 amide bonds. The lowest BCUT2D eigenvalue weighted by Crippen LogP contribution is -2.58. The summed E-state index contributed by atoms with van der Waals surface area (Å²) in [5, 5.41) is 11.9. The minimum atomic E-state index is -0.0596. The third-order valence-electron chi connectivity index (χ3n) is 4.15. The summed E-state index contributed by atoms with van der Waals surface area (Å²) in [6.07, 6.45) is 0.785. The van der Waals surface area contributed by atoms with Crippen LogP contribution in [-0.4, -0.2) is 90.3 Å². The van der Waals surface area contributed by atoms with E-state index in [1.165, 1.54) is 0 Å². The van der Waals surface area contributed by atoms with Crippen LogP contribution in [0.15, 0.2) is 5.16 Å². The number of piperazine rings is 1. The molecule has 2 aliphatic heterocycles. The largest absolute Gasteiger partial charge is 0.409 e. The van der Waals surface area contributed by atoms with E-state index < -0.39 is 0 Å². The van der Waals surface area contributed by atoms with Gasteiger partial charge < -0.3 is 25.5 Å². The van der Waals surface area contributed by atoms with Crippen molar-refractivity contribution in [2.24, 2.45) is 10.9 Å². The first-order valence-corrected chi connectivity index (χ1v) is 7.50. The van der Waals surface area contributed by atoms with Crippen LogP contribution in [0.1, 0.15) is 13.3 Å². The SMILES string of the molecule is CCC(C(N)=NO)N1CCN(C(=O)N2CCOCC2)CC1. The molecular formula is C13H25N5O3. The number of oxime groups is 1. The Morgan fingerprint density at radius 3 is 2.29 bits per heavy atom. The topological polar surface area (TPSA) is 94.6 Å². The first-order chi connectivity index (χ1) is 10.2. The summed E-state index contributed by atoms with van der Waals surface area (Å²) in [4.78, 5) is 18.3. The number of nitrogens with two attached hydrogens (primary N) is 1. The van der Waals surface area contributed by atoms with Gasteiger partial charge in [-0.3, -0.25) is 4.90 Å². The molecule has 0 aliphatic carbocycles. The molecule has 0 saturated carbocycles. The second kappa shape index (κ2) is 7.46. The van der Waals surface area contributed by atoms with Crippen molar-refractivity contribution in [2.45, 2.75) is 19.4 Å². The highest BCUT2D eigenvalue weighted by Crippen LogP contribution is 2.12. The molecule has 0 aromatic rings. The van der Waals surface area contributed by atoms with Gasteiger partial charge in [-0.25, -0.2) is 4.79 Å². The van der Waals surface area contributed by atoms with Gasteiger partial charge in [0.05, 0.1) is 19.3 Å². The summed E-state index contributed by atoms with van der Waals surface area (Å²) in [6.45, 7) is 7.40. The first kappa shape index (κ1) is 15.8. The fraction of sp³-hybridized carbons (Fsp3) is 0.846. The number of carbonyl (C=O) groups excluding carboxylic acids is 1. The minimum absolute atomic E-state index is 0.0596. The van der Waals surface area contributed by atoms with Crippen LogP contribution in [0, 0.1) is 0 Å². The Morgan fingerprint density at radius 1 is 1.19 bits per heavy atom. The number of carbonyl (C=O) groups is 1. The predicted molar refractivity (Wildman–Crippen MR) is 78.4 cm³/mol. The molecule has 0 radical (unpaired) electrons. The van der Waals surface area contributed by atoms with Crippen molar-refractivity contribution < 1.29 is 14.7 Å². The number of hydrogen-bond acceptors (Lipinski definition) is 5. The van der Waals surface area contributed by atoms with Gasteiger partial charge in [-0.2, -0.15) is 0 Å². The monoisotopic (exact) mass is 299 g/mol. The Bertz CT molecular complexity index is 376. The second-order valence-electron chi connectivity index (χ2n) is 5.35. The van der Waals surface area contributed by atoms with Crippen LogP contribution in [0.25, 0.3) is 0 Å². The number of urea groups is 1. The number of amidine groups is 1. The fourth-order valence-electron chi connectivity index (χ4n) is 2.90. The summed E-state index contributed by atoms with van der Waals surface area (Å²) in [7, 11) is 0. The van der Waals surface area contributed by atoms with Crippen molar-refractivity contribution in [3.05, 3.63) is 0 Å². The van der Waals surface area contributed by atoms with E-state index in [9.17, 15) is 4.79 Å². The van der Waals surface area contributed by atoms with Gasteiger partial charge in [-0.1, -0.05) is 12.1 Å². The number of nitrogens with zero attached hydrogens (tertiary/aromatic N) is 4. The smallest absolute Gasteiger partial charge is 0.320 e. The van der Waals surface area contributed by atoms with E-state index in [4.69, 9.17) is 15.7 Å². The number of ether oxygens (including phenoxy) is 1. The maximum absolute atomic E-state index is 12.4. The van der Waals surface area contributed by atoms with E-state index in [-0.39, 0.29) is 17.9 Å². The first-order valence-electron chi connectivity index (χ1n) is 7.50. The van der Waals surface area contributed by atoms with Gasteiger partial charge in [0.25, 0.3) is 0 Å². The molecule has 2 heterocycles. The normalized spacial score (nSPS) is 23.2. The summed E-state index contributed by atoms with van der Waals surface area (Å²) in [6, 6.07) is 0.0328. The quantitative estimate of drug-likeness (QED) is 0.319. The van der Waals surface area contributed by atoms with E-state index in [0.717, 1.165) is 19.5 Å². The van der Waals surface area contributed by atoms with Crippen LogP contribution in [0.5, 0.6) is 0 Å². The molecule has 2 saturated heterocycles. The summed E-state index contributed by atoms with van der Waals surface area (Å²) >= 11 is 0. The maximum atomic E-state index is 12.4. The predicted octanol–water partition coefficient (Wildman–Crippen LogP) is -0.419. The molecule has 8 heteroatoms. The zero-order valence-corrected chi connectivity index (χ0v) is 12.6. The van der Waals surface area contributed by atoms with Crippen LogP contribution in [0.4, 0.5) is 4.79 Å². The molecule has 8 nitrogen and oxygen atoms in total. The Hall–Kier alpha value is -1.54. The third kappa shape index (κ3) is 3.76. The van der Waals surface area contributed by atoms with Crippen molar-refractivity contribution in [1.82, 2.24) is 14.7 Å². The second-order valence-corrected chi connectivity index (χ2v) is 5.35. The highest BCUT2D eigenvalue weighted by Gasteiger charge is 2.29. The van der Waals surface area contributed by atoms with Gasteiger partial charge in [0.2, 0.25) is 0 Å². The lowest BCUT2D eigenvalue weighted by molar-refractivity contribution is 0.0364. The van der Waals surface area contributed by atoms with Crippen molar-refractivity contribution in [3.63, 3.8) is 0 Å². The molecule has 3 N–H and O–H groups in total. The molecule has 2 fully saturated rings. The molecule has 1 unspecified atom stereocenters. The van der Waals surface area contributed by atoms with Crippen LogP contribution in [-0.2, 0) is 4.74 Å². The van der Waals surface area contributed by atoms with Gasteiger partial charge in [0.15, 0.2) is 5.84 Å². The zero-order chi connectivity index (χ0) is 15.2. The molecule has 0 aromatic heterocycles. The maximum Gasteiger partial charge on any atom is 0.320 e. The highest BCUT2D eigenvalue weighted by molar-refractivity contribution is 5.85. The molecule has 120 valence electrons. The summed E-state index contributed by atoms with van der Waals surface area (Å²) in [5.74, 6) is 0.241. The molecular weight excluding hydrogens is 274 g/mol. The van der Waals surface area contributed by atoms with Gasteiger partial charge in [0.1, 0.15) is 0 Å². The van der Waals surface area contributed by atoms with Crippen LogP contribution in [0.3, 0.4) is 0 Å². The average Bonchev–Trinajstić information content (AvgIpc) is 2.56. The van der Waals surface area contributed by atoms with Gasteiger partial charge >= 0.3 is 6.03 Å². The van der Waals surface area contributed by atoms with Gasteiger partial charge in [0, 0.05) is 39.3 Å². The standard InChI is InChI=1S/C13H25N5O3/c1-2-11(12(14)15-20)16-3-5-17(6-4-16)13(19)18-7-9-21-10-8-18/h11,20H,2-10H2,1H3,(H2,14,15). The highest BCUT2D eigenvalue weighted by atomic mass is 16.5. The molecule has 2 rings (SSSR count). The number of morpholine rings is 1. The Labute approximate surface area is 125 Å². The van der Waals surface area contributed by atoms with Crippen molar-refractivity contribution in [2.75, 3.05) is 52.5 Å². The minimum Gasteiger partial charge on any atom is -0.409 e. The molecule has 1 atom stereocenters. The van der Waals surface area contributed by atoms with Crippen molar-refractivity contribution in [3.8, 4) is 0 Å². The van der Waals surface area contributed by atoms with E-state index in [1.807, 2.05) is 16.7 Å². The Kier molecular flexibility index (Phi) is 5.63. The Morgan fingerprint density at radius 2 is 1.76 bits per heavy atom. The van der Waals surface area contributed by atoms with E-state index >= 15 is 0 Å². The van der Waals surface area contributed by atoms with Crippen LogP contribution >= 0.6 is 0 Å². The van der Waals surface area contributed by atoms with Crippen molar-refractivity contribution >= 4 is 11.9 Å².